The fraction of sp³-hybridized carbons (Fsp3) is 0.643. The molecule has 1 saturated carbocycles. The summed E-state index contributed by atoms with van der Waals surface area (Å²) in [6.45, 7) is 3.43. The van der Waals surface area contributed by atoms with Crippen LogP contribution in [0.4, 0.5) is 11.6 Å². The number of hydrogen-bond donors (Lipinski definition) is 3. The van der Waals surface area contributed by atoms with Gasteiger partial charge < -0.3 is 16.0 Å². The zero-order chi connectivity index (χ0) is 14.4. The Labute approximate surface area is 119 Å². The van der Waals surface area contributed by atoms with Gasteiger partial charge in [-0.25, -0.2) is 9.97 Å². The second-order valence-corrected chi connectivity index (χ2v) is 5.04. The van der Waals surface area contributed by atoms with Crippen molar-refractivity contribution in [3.05, 3.63) is 11.9 Å². The van der Waals surface area contributed by atoms with E-state index >= 15 is 0 Å². The second kappa shape index (κ2) is 7.07. The minimum atomic E-state index is 0.180. The number of carbonyl (C=O) groups is 1. The monoisotopic (exact) mass is 277 g/mol. The number of aromatic nitrogens is 2. The molecule has 0 aromatic carbocycles. The topological polar surface area (TPSA) is 78.9 Å². The molecule has 6 heteroatoms. The van der Waals surface area contributed by atoms with E-state index in [0.717, 1.165) is 42.9 Å². The van der Waals surface area contributed by atoms with E-state index in [0.29, 0.717) is 13.1 Å². The van der Waals surface area contributed by atoms with Crippen molar-refractivity contribution in [3.63, 3.8) is 0 Å². The fourth-order valence-electron chi connectivity index (χ4n) is 2.12. The van der Waals surface area contributed by atoms with E-state index in [1.165, 1.54) is 0 Å². The Bertz CT molecular complexity index is 459. The maximum atomic E-state index is 11.5. The fourth-order valence-corrected chi connectivity index (χ4v) is 2.12. The number of nitrogens with zero attached hydrogens (tertiary/aromatic N) is 2. The van der Waals surface area contributed by atoms with Gasteiger partial charge in [-0.15, -0.1) is 0 Å². The van der Waals surface area contributed by atoms with Crippen molar-refractivity contribution in [2.24, 2.45) is 5.92 Å². The van der Waals surface area contributed by atoms with Crippen LogP contribution in [0.3, 0.4) is 0 Å². The number of carbonyl (C=O) groups excluding carboxylic acids is 1. The summed E-state index contributed by atoms with van der Waals surface area (Å²) in [6, 6.07) is 0. The maximum absolute atomic E-state index is 11.5. The standard InChI is InChI=1S/C14H23N5O/c1-3-4-11-12(15-2)18-9-19-13(11)16-7-8-17-14(20)10-5-6-10/h9-10H,3-8H2,1-2H3,(H,17,20)(H2,15,16,18,19). The van der Waals surface area contributed by atoms with Crippen molar-refractivity contribution in [2.45, 2.75) is 32.6 Å². The van der Waals surface area contributed by atoms with Gasteiger partial charge >= 0.3 is 0 Å². The molecule has 0 aliphatic heterocycles. The lowest BCUT2D eigenvalue weighted by atomic mass is 10.1. The van der Waals surface area contributed by atoms with E-state index in [2.05, 4.69) is 32.8 Å². The number of nitrogens with one attached hydrogen (secondary N) is 3. The van der Waals surface area contributed by atoms with Crippen LogP contribution in [-0.4, -0.2) is 36.0 Å². The Balaban J connectivity index is 1.85. The first-order valence-electron chi connectivity index (χ1n) is 7.29. The maximum Gasteiger partial charge on any atom is 0.223 e. The minimum absolute atomic E-state index is 0.180. The highest BCUT2D eigenvalue weighted by atomic mass is 16.2. The van der Waals surface area contributed by atoms with Crippen molar-refractivity contribution in [1.82, 2.24) is 15.3 Å². The Morgan fingerprint density at radius 1 is 1.30 bits per heavy atom. The molecule has 1 aliphatic rings. The third-order valence-electron chi connectivity index (χ3n) is 3.35. The summed E-state index contributed by atoms with van der Waals surface area (Å²) < 4.78 is 0. The van der Waals surface area contributed by atoms with Gasteiger partial charge in [-0.05, 0) is 19.3 Å². The average molecular weight is 277 g/mol. The van der Waals surface area contributed by atoms with Gasteiger partial charge in [-0.2, -0.15) is 0 Å². The Kier molecular flexibility index (Phi) is 5.15. The zero-order valence-electron chi connectivity index (χ0n) is 12.2. The summed E-state index contributed by atoms with van der Waals surface area (Å²) in [7, 11) is 1.86. The van der Waals surface area contributed by atoms with Gasteiger partial charge in [0.05, 0.1) is 0 Å². The van der Waals surface area contributed by atoms with E-state index in [1.54, 1.807) is 6.33 Å². The lowest BCUT2D eigenvalue weighted by Crippen LogP contribution is -2.30. The molecule has 0 saturated heterocycles. The Hall–Kier alpha value is -1.85. The highest BCUT2D eigenvalue weighted by Gasteiger charge is 2.28. The van der Waals surface area contributed by atoms with Crippen molar-refractivity contribution in [1.29, 1.82) is 0 Å². The predicted octanol–water partition coefficient (Wildman–Crippen LogP) is 1.41. The molecule has 1 amide bonds. The van der Waals surface area contributed by atoms with E-state index < -0.39 is 0 Å². The molecule has 1 aromatic rings. The highest BCUT2D eigenvalue weighted by molar-refractivity contribution is 5.80. The van der Waals surface area contributed by atoms with Gasteiger partial charge in [0.2, 0.25) is 5.91 Å². The van der Waals surface area contributed by atoms with Crippen LogP contribution < -0.4 is 16.0 Å². The summed E-state index contributed by atoms with van der Waals surface area (Å²) in [5, 5.41) is 9.31. The third-order valence-corrected chi connectivity index (χ3v) is 3.35. The first-order valence-corrected chi connectivity index (χ1v) is 7.29. The van der Waals surface area contributed by atoms with Crippen molar-refractivity contribution in [3.8, 4) is 0 Å². The average Bonchev–Trinajstić information content (AvgIpc) is 3.29. The lowest BCUT2D eigenvalue weighted by Gasteiger charge is -2.13. The molecule has 6 nitrogen and oxygen atoms in total. The van der Waals surface area contributed by atoms with Crippen LogP contribution in [0.1, 0.15) is 31.7 Å². The minimum Gasteiger partial charge on any atom is -0.373 e. The SMILES string of the molecule is CCCc1c(NC)ncnc1NCCNC(=O)C1CC1. The molecule has 20 heavy (non-hydrogen) atoms. The molecule has 3 N–H and O–H groups in total. The molecular formula is C14H23N5O. The summed E-state index contributed by atoms with van der Waals surface area (Å²) in [5.74, 6) is 2.16. The summed E-state index contributed by atoms with van der Waals surface area (Å²) in [4.78, 5) is 20.0. The summed E-state index contributed by atoms with van der Waals surface area (Å²) in [6.07, 6.45) is 5.59. The first-order chi connectivity index (χ1) is 9.76. The van der Waals surface area contributed by atoms with E-state index in [1.807, 2.05) is 7.05 Å². The number of rotatable bonds is 8. The lowest BCUT2D eigenvalue weighted by molar-refractivity contribution is -0.122. The predicted molar refractivity (Wildman–Crippen MR) is 79.8 cm³/mol. The largest absolute Gasteiger partial charge is 0.373 e. The van der Waals surface area contributed by atoms with Gasteiger partial charge in [0, 0.05) is 31.6 Å². The van der Waals surface area contributed by atoms with Gasteiger partial charge in [-0.1, -0.05) is 13.3 Å². The molecule has 1 aromatic heterocycles. The molecule has 0 unspecified atom stereocenters. The zero-order valence-corrected chi connectivity index (χ0v) is 12.2. The normalized spacial score (nSPS) is 13.9. The van der Waals surface area contributed by atoms with Gasteiger partial charge in [0.1, 0.15) is 18.0 Å². The van der Waals surface area contributed by atoms with Gasteiger partial charge in [0.15, 0.2) is 0 Å². The van der Waals surface area contributed by atoms with Crippen LogP contribution in [0.25, 0.3) is 0 Å². The number of hydrogen-bond acceptors (Lipinski definition) is 5. The Morgan fingerprint density at radius 3 is 2.70 bits per heavy atom. The van der Waals surface area contributed by atoms with E-state index in [-0.39, 0.29) is 11.8 Å². The van der Waals surface area contributed by atoms with Crippen LogP contribution in [0.5, 0.6) is 0 Å². The molecule has 1 heterocycles. The number of amides is 1. The summed E-state index contributed by atoms with van der Waals surface area (Å²) >= 11 is 0. The van der Waals surface area contributed by atoms with Crippen LogP contribution in [0.15, 0.2) is 6.33 Å². The smallest absolute Gasteiger partial charge is 0.223 e. The third kappa shape index (κ3) is 3.82. The first kappa shape index (κ1) is 14.6. The van der Waals surface area contributed by atoms with Gasteiger partial charge in [0.25, 0.3) is 0 Å². The summed E-state index contributed by atoms with van der Waals surface area (Å²) in [5.41, 5.74) is 1.10. The molecule has 1 fully saturated rings. The molecule has 0 radical (unpaired) electrons. The van der Waals surface area contributed by atoms with Crippen molar-refractivity contribution < 1.29 is 4.79 Å². The second-order valence-electron chi connectivity index (χ2n) is 5.04. The molecule has 0 atom stereocenters. The van der Waals surface area contributed by atoms with Crippen LogP contribution in [0, 0.1) is 5.92 Å². The molecule has 110 valence electrons. The molecule has 1 aliphatic carbocycles. The van der Waals surface area contributed by atoms with Crippen LogP contribution in [0.2, 0.25) is 0 Å². The van der Waals surface area contributed by atoms with E-state index in [9.17, 15) is 4.79 Å². The van der Waals surface area contributed by atoms with Crippen molar-refractivity contribution in [2.75, 3.05) is 30.8 Å². The van der Waals surface area contributed by atoms with Crippen LogP contribution in [-0.2, 0) is 11.2 Å². The Morgan fingerprint density at radius 2 is 2.05 bits per heavy atom. The van der Waals surface area contributed by atoms with Crippen LogP contribution >= 0.6 is 0 Å². The molecule has 2 rings (SSSR count). The van der Waals surface area contributed by atoms with Gasteiger partial charge in [-0.3, -0.25) is 4.79 Å². The quantitative estimate of drug-likeness (QED) is 0.626. The molecular weight excluding hydrogens is 254 g/mol. The number of anilines is 2. The van der Waals surface area contributed by atoms with E-state index in [4.69, 9.17) is 0 Å². The molecule has 0 bridgehead atoms. The van der Waals surface area contributed by atoms with Crippen molar-refractivity contribution >= 4 is 17.5 Å². The molecule has 0 spiro atoms. The highest BCUT2D eigenvalue weighted by Crippen LogP contribution is 2.28.